The molecule has 0 amide bonds. The zero-order chi connectivity index (χ0) is 14.5. The Morgan fingerprint density at radius 1 is 1.35 bits per heavy atom. The van der Waals surface area contributed by atoms with Crippen LogP contribution in [0.25, 0.3) is 0 Å². The van der Waals surface area contributed by atoms with Crippen molar-refractivity contribution in [2.24, 2.45) is 0 Å². The molecule has 104 valence electrons. The van der Waals surface area contributed by atoms with Crippen LogP contribution in [0.5, 0.6) is 0 Å². The highest BCUT2D eigenvalue weighted by molar-refractivity contribution is 5.99. The van der Waals surface area contributed by atoms with Crippen LogP contribution in [0.15, 0.2) is 42.7 Å². The number of aromatic nitrogens is 1. The number of nitrogen functional groups attached to an aromatic ring is 1. The van der Waals surface area contributed by atoms with Gasteiger partial charge in [0.25, 0.3) is 0 Å². The number of hydrogen-bond donors (Lipinski definition) is 1. The minimum absolute atomic E-state index is 0.398. The summed E-state index contributed by atoms with van der Waals surface area (Å²) in [7, 11) is 3.24. The molecule has 0 aliphatic heterocycles. The Morgan fingerprint density at radius 3 is 2.80 bits per heavy atom. The van der Waals surface area contributed by atoms with E-state index < -0.39 is 5.97 Å². The summed E-state index contributed by atoms with van der Waals surface area (Å²) in [5.41, 5.74) is 8.71. The maximum atomic E-state index is 11.8. The molecule has 1 aromatic carbocycles. The van der Waals surface area contributed by atoms with Crippen LogP contribution in [0.3, 0.4) is 0 Å². The van der Waals surface area contributed by atoms with Crippen molar-refractivity contribution in [2.45, 2.75) is 6.54 Å². The van der Waals surface area contributed by atoms with Gasteiger partial charge in [0.05, 0.1) is 24.0 Å². The van der Waals surface area contributed by atoms with E-state index in [-0.39, 0.29) is 0 Å². The first-order chi connectivity index (χ1) is 9.63. The number of pyridine rings is 1. The van der Waals surface area contributed by atoms with Crippen molar-refractivity contribution in [1.29, 1.82) is 0 Å². The fourth-order valence-corrected chi connectivity index (χ4v) is 2.11. The van der Waals surface area contributed by atoms with Crippen molar-refractivity contribution >= 4 is 17.3 Å². The number of ether oxygens (including phenoxy) is 1. The second kappa shape index (κ2) is 6.06. The molecule has 0 atom stereocenters. The summed E-state index contributed by atoms with van der Waals surface area (Å²) >= 11 is 0. The minimum Gasteiger partial charge on any atom is -0.465 e. The van der Waals surface area contributed by atoms with Gasteiger partial charge in [-0.25, -0.2) is 4.79 Å². The Morgan fingerprint density at radius 2 is 2.15 bits per heavy atom. The normalized spacial score (nSPS) is 10.1. The highest BCUT2D eigenvalue weighted by Gasteiger charge is 2.17. The van der Waals surface area contributed by atoms with Crippen LogP contribution in [-0.4, -0.2) is 25.1 Å². The maximum Gasteiger partial charge on any atom is 0.340 e. The molecule has 0 radical (unpaired) electrons. The van der Waals surface area contributed by atoms with Crippen molar-refractivity contribution in [3.63, 3.8) is 0 Å². The molecule has 0 spiro atoms. The van der Waals surface area contributed by atoms with Crippen LogP contribution in [0.1, 0.15) is 15.9 Å². The highest BCUT2D eigenvalue weighted by atomic mass is 16.5. The molecule has 0 aliphatic rings. The number of benzene rings is 1. The number of carbonyl (C=O) groups is 1. The third-order valence-corrected chi connectivity index (χ3v) is 3.00. The first-order valence-corrected chi connectivity index (χ1v) is 6.20. The second-order valence-electron chi connectivity index (χ2n) is 4.45. The van der Waals surface area contributed by atoms with Crippen molar-refractivity contribution < 1.29 is 9.53 Å². The SMILES string of the molecule is COC(=O)c1cccc(N)c1N(C)Cc1cccnc1. The van der Waals surface area contributed by atoms with Crippen LogP contribution in [0.2, 0.25) is 0 Å². The van der Waals surface area contributed by atoms with Gasteiger partial charge in [0, 0.05) is 26.0 Å². The monoisotopic (exact) mass is 271 g/mol. The molecule has 5 nitrogen and oxygen atoms in total. The fraction of sp³-hybridized carbons (Fsp3) is 0.200. The lowest BCUT2D eigenvalue weighted by Crippen LogP contribution is -2.21. The Kier molecular flexibility index (Phi) is 4.20. The number of methoxy groups -OCH3 is 1. The summed E-state index contributed by atoms with van der Waals surface area (Å²) in [5, 5.41) is 0. The van der Waals surface area contributed by atoms with E-state index >= 15 is 0 Å². The van der Waals surface area contributed by atoms with E-state index in [2.05, 4.69) is 4.98 Å². The first kappa shape index (κ1) is 13.9. The molecular weight excluding hydrogens is 254 g/mol. The van der Waals surface area contributed by atoms with Gasteiger partial charge in [0.1, 0.15) is 0 Å². The van der Waals surface area contributed by atoms with Gasteiger partial charge < -0.3 is 15.4 Å². The number of esters is 1. The van der Waals surface area contributed by atoms with E-state index in [9.17, 15) is 4.79 Å². The average molecular weight is 271 g/mol. The van der Waals surface area contributed by atoms with Crippen molar-refractivity contribution in [3.8, 4) is 0 Å². The number of para-hydroxylation sites is 1. The maximum absolute atomic E-state index is 11.8. The quantitative estimate of drug-likeness (QED) is 0.681. The second-order valence-corrected chi connectivity index (χ2v) is 4.45. The molecule has 0 saturated heterocycles. The van der Waals surface area contributed by atoms with Crippen molar-refractivity contribution in [2.75, 3.05) is 24.8 Å². The number of hydrogen-bond acceptors (Lipinski definition) is 5. The molecule has 1 aromatic heterocycles. The standard InChI is InChI=1S/C15H17N3O2/c1-18(10-11-5-4-8-17-9-11)14-12(15(19)20-2)6-3-7-13(14)16/h3-9H,10,16H2,1-2H3. The van der Waals surface area contributed by atoms with Gasteiger partial charge in [-0.1, -0.05) is 12.1 Å². The number of carbonyl (C=O) groups excluding carboxylic acids is 1. The molecule has 0 saturated carbocycles. The third kappa shape index (κ3) is 2.88. The van der Waals surface area contributed by atoms with Gasteiger partial charge in [-0.3, -0.25) is 4.98 Å². The predicted octanol–water partition coefficient (Wildman–Crippen LogP) is 2.09. The number of nitrogens with two attached hydrogens (primary N) is 1. The largest absolute Gasteiger partial charge is 0.465 e. The molecule has 2 rings (SSSR count). The molecule has 0 bridgehead atoms. The molecule has 0 unspecified atom stereocenters. The van der Waals surface area contributed by atoms with Crippen LogP contribution in [-0.2, 0) is 11.3 Å². The Bertz CT molecular complexity index is 599. The highest BCUT2D eigenvalue weighted by Crippen LogP contribution is 2.28. The summed E-state index contributed by atoms with van der Waals surface area (Å²) in [4.78, 5) is 17.8. The van der Waals surface area contributed by atoms with Gasteiger partial charge in [-0.05, 0) is 23.8 Å². The topological polar surface area (TPSA) is 68.5 Å². The minimum atomic E-state index is -0.398. The van der Waals surface area contributed by atoms with Gasteiger partial charge in [-0.2, -0.15) is 0 Å². The first-order valence-electron chi connectivity index (χ1n) is 6.20. The summed E-state index contributed by atoms with van der Waals surface area (Å²) in [6, 6.07) is 9.06. The number of rotatable bonds is 4. The summed E-state index contributed by atoms with van der Waals surface area (Å²) in [6.45, 7) is 0.603. The predicted molar refractivity (Wildman–Crippen MR) is 78.5 cm³/mol. The Hall–Kier alpha value is -2.56. The summed E-state index contributed by atoms with van der Waals surface area (Å²) in [6.07, 6.45) is 3.51. The molecule has 0 fully saturated rings. The lowest BCUT2D eigenvalue weighted by Gasteiger charge is -2.23. The smallest absolute Gasteiger partial charge is 0.340 e. The molecule has 5 heteroatoms. The molecule has 2 N–H and O–H groups in total. The molecular formula is C15H17N3O2. The van der Waals surface area contributed by atoms with E-state index in [1.807, 2.05) is 24.1 Å². The molecule has 2 aromatic rings. The average Bonchev–Trinajstić information content (AvgIpc) is 2.47. The molecule has 0 aliphatic carbocycles. The van der Waals surface area contributed by atoms with Crippen molar-refractivity contribution in [1.82, 2.24) is 4.98 Å². The van der Waals surface area contributed by atoms with Gasteiger partial charge >= 0.3 is 5.97 Å². The molecule has 1 heterocycles. The van der Waals surface area contributed by atoms with Gasteiger partial charge in [-0.15, -0.1) is 0 Å². The number of anilines is 2. The van der Waals surface area contributed by atoms with Crippen LogP contribution in [0.4, 0.5) is 11.4 Å². The number of nitrogens with zero attached hydrogens (tertiary/aromatic N) is 2. The third-order valence-electron chi connectivity index (χ3n) is 3.00. The lowest BCUT2D eigenvalue weighted by atomic mass is 10.1. The van der Waals surface area contributed by atoms with E-state index in [0.717, 1.165) is 5.56 Å². The van der Waals surface area contributed by atoms with Crippen molar-refractivity contribution in [3.05, 3.63) is 53.9 Å². The van der Waals surface area contributed by atoms with Gasteiger partial charge in [0.15, 0.2) is 0 Å². The van der Waals surface area contributed by atoms with Crippen LogP contribution >= 0.6 is 0 Å². The summed E-state index contributed by atoms with van der Waals surface area (Å²) in [5.74, 6) is -0.398. The summed E-state index contributed by atoms with van der Waals surface area (Å²) < 4.78 is 4.80. The van der Waals surface area contributed by atoms with E-state index in [0.29, 0.717) is 23.5 Å². The van der Waals surface area contributed by atoms with Gasteiger partial charge in [0.2, 0.25) is 0 Å². The van der Waals surface area contributed by atoms with Crippen LogP contribution in [0, 0.1) is 0 Å². The molecule has 20 heavy (non-hydrogen) atoms. The van der Waals surface area contributed by atoms with E-state index in [1.54, 1.807) is 30.6 Å². The lowest BCUT2D eigenvalue weighted by molar-refractivity contribution is 0.0601. The fourth-order valence-electron chi connectivity index (χ4n) is 2.11. The Balaban J connectivity index is 2.34. The van der Waals surface area contributed by atoms with Crippen LogP contribution < -0.4 is 10.6 Å². The van der Waals surface area contributed by atoms with E-state index in [4.69, 9.17) is 10.5 Å². The van der Waals surface area contributed by atoms with E-state index in [1.165, 1.54) is 7.11 Å². The zero-order valence-electron chi connectivity index (χ0n) is 11.5. The zero-order valence-corrected chi connectivity index (χ0v) is 11.5. The Labute approximate surface area is 118 Å².